The molecule has 12 unspecified atom stereocenters. The van der Waals surface area contributed by atoms with E-state index in [9.17, 15) is 35.1 Å². The van der Waals surface area contributed by atoms with Crippen molar-refractivity contribution < 1.29 is 63.5 Å². The fraction of sp³-hybridized carbons (Fsp3) is 0.455. The Morgan fingerprint density at radius 2 is 1.43 bits per heavy atom. The monoisotopic (exact) mass is 640 g/mol. The number of rotatable bonds is 9. The minimum Gasteiger partial charge on any atom is -0.460 e. The highest BCUT2D eigenvalue weighted by molar-refractivity contribution is 5.87. The average Bonchev–Trinajstić information content (AvgIpc) is 3.16. The molecule has 4 bridgehead atoms. The molecule has 0 amide bonds. The van der Waals surface area contributed by atoms with Gasteiger partial charge in [0.1, 0.15) is 36.6 Å². The summed E-state index contributed by atoms with van der Waals surface area (Å²) >= 11 is 0. The first-order chi connectivity index (χ1) is 22.1. The van der Waals surface area contributed by atoms with Crippen molar-refractivity contribution in [2.45, 2.75) is 67.5 Å². The molecule has 2 aromatic carbocycles. The maximum Gasteiger partial charge on any atom is 0.331 e. The van der Waals surface area contributed by atoms with Crippen LogP contribution in [-0.2, 0) is 38.0 Å². The van der Waals surface area contributed by atoms with E-state index < -0.39 is 91.5 Å². The largest absolute Gasteiger partial charge is 0.460 e. The number of benzene rings is 2. The molecule has 13 nitrogen and oxygen atoms in total. The molecule has 2 aromatic rings. The predicted molar refractivity (Wildman–Crippen MR) is 157 cm³/mol. The van der Waals surface area contributed by atoms with Gasteiger partial charge in [-0.25, -0.2) is 9.59 Å². The van der Waals surface area contributed by atoms with Crippen LogP contribution in [0.4, 0.5) is 0 Å². The number of carbonyl (C=O) groups is 2. The van der Waals surface area contributed by atoms with Crippen molar-refractivity contribution in [3.8, 4) is 0 Å². The fourth-order valence-electron chi connectivity index (χ4n) is 6.46. The van der Waals surface area contributed by atoms with E-state index in [1.807, 2.05) is 24.3 Å². The van der Waals surface area contributed by atoms with Crippen LogP contribution in [0.3, 0.4) is 0 Å². The third-order valence-electron chi connectivity index (χ3n) is 8.82. The topological polar surface area (TPSA) is 191 Å². The Morgan fingerprint density at radius 3 is 2.09 bits per heavy atom. The van der Waals surface area contributed by atoms with E-state index in [1.54, 1.807) is 42.5 Å². The van der Waals surface area contributed by atoms with Crippen molar-refractivity contribution in [1.29, 1.82) is 0 Å². The Hall–Kier alpha value is -3.50. The van der Waals surface area contributed by atoms with Gasteiger partial charge in [-0.3, -0.25) is 0 Å². The normalized spacial score (nSPS) is 38.6. The SMILES string of the molecule is O=C(C=Cc1ccccc1)OCC1OC(OC2OC3CC4C(O)C(OC(=O)C=Cc5ccccc5)C(O)(CO3)C24)C(O)C(O)C1O. The quantitative estimate of drug-likeness (QED) is 0.184. The lowest BCUT2D eigenvalue weighted by Crippen LogP contribution is -2.61. The Bertz CT molecular complexity index is 1420. The number of ether oxygens (including phenoxy) is 6. The van der Waals surface area contributed by atoms with Gasteiger partial charge in [-0.05, 0) is 23.3 Å². The highest BCUT2D eigenvalue weighted by atomic mass is 16.8. The van der Waals surface area contributed by atoms with Crippen molar-refractivity contribution in [3.05, 3.63) is 83.9 Å². The van der Waals surface area contributed by atoms with Gasteiger partial charge in [0, 0.05) is 24.5 Å². The number of fused-ring (bicyclic) bond motifs is 2. The molecular formula is C33H36O13. The molecule has 5 N–H and O–H groups in total. The van der Waals surface area contributed by atoms with Gasteiger partial charge in [-0.2, -0.15) is 0 Å². The second-order valence-corrected chi connectivity index (χ2v) is 11.8. The van der Waals surface area contributed by atoms with Gasteiger partial charge in [0.05, 0.1) is 18.6 Å². The molecule has 1 saturated carbocycles. The second kappa shape index (κ2) is 13.7. The fourth-order valence-corrected chi connectivity index (χ4v) is 6.46. The maximum absolute atomic E-state index is 12.7. The first-order valence-corrected chi connectivity index (χ1v) is 15.0. The van der Waals surface area contributed by atoms with Crippen molar-refractivity contribution in [2.75, 3.05) is 13.2 Å². The van der Waals surface area contributed by atoms with E-state index in [4.69, 9.17) is 28.4 Å². The molecule has 46 heavy (non-hydrogen) atoms. The van der Waals surface area contributed by atoms with Crippen molar-refractivity contribution >= 4 is 24.1 Å². The molecule has 4 heterocycles. The van der Waals surface area contributed by atoms with Crippen LogP contribution in [0.15, 0.2) is 72.8 Å². The second-order valence-electron chi connectivity index (χ2n) is 11.8. The van der Waals surface area contributed by atoms with Gasteiger partial charge in [-0.15, -0.1) is 0 Å². The number of aliphatic hydroxyl groups is 5. The zero-order chi connectivity index (χ0) is 32.4. The molecule has 5 fully saturated rings. The Balaban J connectivity index is 1.12. The number of hydrogen-bond acceptors (Lipinski definition) is 13. The van der Waals surface area contributed by atoms with Crippen molar-refractivity contribution in [3.63, 3.8) is 0 Å². The van der Waals surface area contributed by atoms with Crippen LogP contribution >= 0.6 is 0 Å². The summed E-state index contributed by atoms with van der Waals surface area (Å²) < 4.78 is 34.0. The molecule has 0 aromatic heterocycles. The minimum atomic E-state index is -1.95. The molecule has 13 heteroatoms. The Labute approximate surface area is 264 Å². The maximum atomic E-state index is 12.7. The highest BCUT2D eigenvalue weighted by Crippen LogP contribution is 2.53. The van der Waals surface area contributed by atoms with Crippen LogP contribution in [0.2, 0.25) is 0 Å². The minimum absolute atomic E-state index is 0.159. The summed E-state index contributed by atoms with van der Waals surface area (Å²) in [6, 6.07) is 18.1. The summed E-state index contributed by atoms with van der Waals surface area (Å²) in [7, 11) is 0. The van der Waals surface area contributed by atoms with Crippen LogP contribution in [0.1, 0.15) is 17.5 Å². The van der Waals surface area contributed by atoms with Gasteiger partial charge < -0.3 is 54.0 Å². The van der Waals surface area contributed by atoms with Gasteiger partial charge in [0.15, 0.2) is 25.0 Å². The predicted octanol–water partition coefficient (Wildman–Crippen LogP) is 0.133. The first-order valence-electron chi connectivity index (χ1n) is 15.0. The van der Waals surface area contributed by atoms with E-state index in [0.717, 1.165) is 11.1 Å². The molecule has 0 spiro atoms. The molecule has 4 aliphatic heterocycles. The highest BCUT2D eigenvalue weighted by Gasteiger charge is 2.69. The van der Waals surface area contributed by atoms with Crippen molar-refractivity contribution in [1.82, 2.24) is 0 Å². The zero-order valence-corrected chi connectivity index (χ0v) is 24.6. The molecule has 4 saturated heterocycles. The summed E-state index contributed by atoms with van der Waals surface area (Å²) in [5.41, 5.74) is -0.434. The van der Waals surface area contributed by atoms with Crippen LogP contribution in [0.25, 0.3) is 12.2 Å². The smallest absolute Gasteiger partial charge is 0.331 e. The van der Waals surface area contributed by atoms with Gasteiger partial charge in [0.25, 0.3) is 0 Å². The number of esters is 2. The molecule has 12 atom stereocenters. The Morgan fingerprint density at radius 1 is 0.804 bits per heavy atom. The molecule has 246 valence electrons. The van der Waals surface area contributed by atoms with Gasteiger partial charge >= 0.3 is 11.9 Å². The van der Waals surface area contributed by atoms with Crippen LogP contribution in [0, 0.1) is 11.8 Å². The summed E-state index contributed by atoms with van der Waals surface area (Å²) in [5, 5.41) is 54.9. The van der Waals surface area contributed by atoms with E-state index in [0.29, 0.717) is 0 Å². The standard InChI is InChI=1S/C33H36O13/c34-22(13-11-18-7-3-1-4-8-18)41-16-21-27(37)28(38)29(39)32(43-21)46-31-25-20-15-24(45-31)42-17-33(25,40)30(26(20)36)44-23(35)14-12-19-9-5-2-6-10-19/h1-14,20-21,24-32,36-40H,15-17H2. The van der Waals surface area contributed by atoms with E-state index in [2.05, 4.69) is 0 Å². The molecule has 0 radical (unpaired) electrons. The van der Waals surface area contributed by atoms with Crippen LogP contribution in [-0.4, -0.2) is 112 Å². The van der Waals surface area contributed by atoms with E-state index in [1.165, 1.54) is 18.2 Å². The lowest BCUT2D eigenvalue weighted by atomic mass is 9.82. The summed E-state index contributed by atoms with van der Waals surface area (Å²) in [4.78, 5) is 25.0. The Kier molecular flexibility index (Phi) is 9.66. The zero-order valence-electron chi connectivity index (χ0n) is 24.6. The summed E-state index contributed by atoms with van der Waals surface area (Å²) in [6.07, 6.45) is -7.39. The third-order valence-corrected chi connectivity index (χ3v) is 8.82. The molecule has 1 aliphatic carbocycles. The van der Waals surface area contributed by atoms with Gasteiger partial charge in [0.2, 0.25) is 0 Å². The third kappa shape index (κ3) is 6.65. The number of hydrogen-bond donors (Lipinski definition) is 5. The van der Waals surface area contributed by atoms with Crippen LogP contribution < -0.4 is 0 Å². The van der Waals surface area contributed by atoms with Crippen molar-refractivity contribution in [2.24, 2.45) is 11.8 Å². The van der Waals surface area contributed by atoms with E-state index >= 15 is 0 Å². The molecule has 7 rings (SSSR count). The summed E-state index contributed by atoms with van der Waals surface area (Å²) in [6.45, 7) is -0.830. The molecular weight excluding hydrogens is 604 g/mol. The van der Waals surface area contributed by atoms with Crippen LogP contribution in [0.5, 0.6) is 0 Å². The lowest BCUT2D eigenvalue weighted by Gasteiger charge is -2.44. The average molecular weight is 641 g/mol. The van der Waals surface area contributed by atoms with Gasteiger partial charge in [-0.1, -0.05) is 60.7 Å². The number of aliphatic hydroxyl groups excluding tert-OH is 4. The number of carbonyl (C=O) groups excluding carboxylic acids is 2. The lowest BCUT2D eigenvalue weighted by molar-refractivity contribution is -0.371. The van der Waals surface area contributed by atoms with E-state index in [-0.39, 0.29) is 13.0 Å². The first kappa shape index (κ1) is 32.4. The summed E-state index contributed by atoms with van der Waals surface area (Å²) in [5.74, 6) is -3.22. The molecule has 5 aliphatic rings.